The van der Waals surface area contributed by atoms with E-state index in [0.717, 1.165) is 18.6 Å². The highest BCUT2D eigenvalue weighted by Gasteiger charge is 2.21. The van der Waals surface area contributed by atoms with Crippen molar-refractivity contribution in [2.24, 2.45) is 5.73 Å². The molecule has 1 aromatic rings. The number of ether oxygens (including phenoxy) is 1. The summed E-state index contributed by atoms with van der Waals surface area (Å²) < 4.78 is 5.92. The van der Waals surface area contributed by atoms with Crippen LogP contribution in [0.2, 0.25) is 0 Å². The Morgan fingerprint density at radius 1 is 1.00 bits per heavy atom. The van der Waals surface area contributed by atoms with Gasteiger partial charge in [-0.2, -0.15) is 0 Å². The van der Waals surface area contributed by atoms with Crippen LogP contribution in [0.5, 0.6) is 5.75 Å². The Morgan fingerprint density at radius 3 is 2.53 bits per heavy atom. The van der Waals surface area contributed by atoms with E-state index in [-0.39, 0.29) is 12.1 Å². The van der Waals surface area contributed by atoms with Gasteiger partial charge in [-0.15, -0.1) is 0 Å². The summed E-state index contributed by atoms with van der Waals surface area (Å²) in [5.41, 5.74) is 6.10. The molecule has 2 nitrogen and oxygen atoms in total. The van der Waals surface area contributed by atoms with Crippen LogP contribution in [0.25, 0.3) is 0 Å². The zero-order chi connectivity index (χ0) is 10.5. The number of para-hydroxylation sites is 1. The van der Waals surface area contributed by atoms with Gasteiger partial charge in [0.1, 0.15) is 11.9 Å². The van der Waals surface area contributed by atoms with Crippen LogP contribution >= 0.6 is 0 Å². The predicted molar refractivity (Wildman–Crippen MR) is 61.9 cm³/mol. The fraction of sp³-hybridized carbons (Fsp3) is 0.538. The quantitative estimate of drug-likeness (QED) is 0.753. The maximum absolute atomic E-state index is 6.10. The van der Waals surface area contributed by atoms with Crippen molar-refractivity contribution in [2.75, 3.05) is 0 Å². The molecule has 0 aromatic heterocycles. The SMILES string of the molecule is N[C@H]1CCCCC[C@H]1Oc1ccccc1. The summed E-state index contributed by atoms with van der Waals surface area (Å²) in [4.78, 5) is 0. The molecule has 0 aliphatic heterocycles. The van der Waals surface area contributed by atoms with Crippen molar-refractivity contribution in [3.8, 4) is 5.75 Å². The molecule has 0 bridgehead atoms. The minimum atomic E-state index is 0.202. The molecule has 0 unspecified atom stereocenters. The molecule has 2 heteroatoms. The predicted octanol–water partition coefficient (Wildman–Crippen LogP) is 2.73. The minimum Gasteiger partial charge on any atom is -0.489 e. The highest BCUT2D eigenvalue weighted by Crippen LogP contribution is 2.21. The minimum absolute atomic E-state index is 0.202. The highest BCUT2D eigenvalue weighted by molar-refractivity contribution is 5.21. The van der Waals surface area contributed by atoms with Gasteiger partial charge < -0.3 is 10.5 Å². The standard InChI is InChI=1S/C13H19NO/c14-12-9-5-2-6-10-13(12)15-11-7-3-1-4-8-11/h1,3-4,7-8,12-13H,2,5-6,9-10,14H2/t12-,13+/m0/s1. The van der Waals surface area contributed by atoms with Crippen LogP contribution < -0.4 is 10.5 Å². The molecule has 1 aliphatic carbocycles. The van der Waals surface area contributed by atoms with Crippen LogP contribution in [0, 0.1) is 0 Å². The average molecular weight is 205 g/mol. The lowest BCUT2D eigenvalue weighted by Crippen LogP contribution is -2.37. The lowest BCUT2D eigenvalue weighted by molar-refractivity contribution is 0.163. The lowest BCUT2D eigenvalue weighted by atomic mass is 10.1. The average Bonchev–Trinajstić information content (AvgIpc) is 2.46. The first-order chi connectivity index (χ1) is 7.36. The molecular weight excluding hydrogens is 186 g/mol. The molecule has 1 fully saturated rings. The Labute approximate surface area is 91.4 Å². The van der Waals surface area contributed by atoms with Gasteiger partial charge in [0, 0.05) is 6.04 Å². The van der Waals surface area contributed by atoms with E-state index in [1.165, 1.54) is 19.3 Å². The van der Waals surface area contributed by atoms with E-state index in [1.54, 1.807) is 0 Å². The molecule has 0 radical (unpaired) electrons. The smallest absolute Gasteiger partial charge is 0.119 e. The van der Waals surface area contributed by atoms with Crippen LogP contribution in [0.15, 0.2) is 30.3 Å². The normalized spacial score (nSPS) is 27.0. The molecule has 15 heavy (non-hydrogen) atoms. The molecule has 2 atom stereocenters. The highest BCUT2D eigenvalue weighted by atomic mass is 16.5. The van der Waals surface area contributed by atoms with Gasteiger partial charge in [0.15, 0.2) is 0 Å². The molecule has 1 saturated carbocycles. The summed E-state index contributed by atoms with van der Waals surface area (Å²) in [5, 5.41) is 0. The first-order valence-electron chi connectivity index (χ1n) is 5.83. The number of benzene rings is 1. The fourth-order valence-corrected chi connectivity index (χ4v) is 2.12. The molecule has 82 valence electrons. The fourth-order valence-electron chi connectivity index (χ4n) is 2.12. The molecular formula is C13H19NO. The monoisotopic (exact) mass is 205 g/mol. The van der Waals surface area contributed by atoms with Crippen LogP contribution in [-0.4, -0.2) is 12.1 Å². The van der Waals surface area contributed by atoms with E-state index < -0.39 is 0 Å². The zero-order valence-electron chi connectivity index (χ0n) is 9.06. The van der Waals surface area contributed by atoms with E-state index in [1.807, 2.05) is 30.3 Å². The first kappa shape index (κ1) is 10.5. The van der Waals surface area contributed by atoms with E-state index in [0.29, 0.717) is 0 Å². The number of hydrogen-bond donors (Lipinski definition) is 1. The van der Waals surface area contributed by atoms with Crippen molar-refractivity contribution in [3.63, 3.8) is 0 Å². The third-order valence-electron chi connectivity index (χ3n) is 3.03. The summed E-state index contributed by atoms with van der Waals surface area (Å²) in [5.74, 6) is 0.944. The third-order valence-corrected chi connectivity index (χ3v) is 3.03. The van der Waals surface area contributed by atoms with Gasteiger partial charge in [-0.1, -0.05) is 31.0 Å². The molecule has 1 aromatic carbocycles. The summed E-state index contributed by atoms with van der Waals surface area (Å²) in [7, 11) is 0. The maximum Gasteiger partial charge on any atom is 0.119 e. The Balaban J connectivity index is 1.97. The second-order valence-corrected chi connectivity index (χ2v) is 4.27. The molecule has 2 rings (SSSR count). The molecule has 2 N–H and O–H groups in total. The summed E-state index contributed by atoms with van der Waals surface area (Å²) in [6.45, 7) is 0. The van der Waals surface area contributed by atoms with Gasteiger partial charge in [0.05, 0.1) is 0 Å². The maximum atomic E-state index is 6.10. The van der Waals surface area contributed by atoms with E-state index in [2.05, 4.69) is 0 Å². The van der Waals surface area contributed by atoms with Crippen molar-refractivity contribution in [3.05, 3.63) is 30.3 Å². The van der Waals surface area contributed by atoms with Crippen LogP contribution in [-0.2, 0) is 0 Å². The van der Waals surface area contributed by atoms with Gasteiger partial charge in [-0.3, -0.25) is 0 Å². The summed E-state index contributed by atoms with van der Waals surface area (Å²) in [6.07, 6.45) is 6.17. The summed E-state index contributed by atoms with van der Waals surface area (Å²) >= 11 is 0. The van der Waals surface area contributed by atoms with Crippen molar-refractivity contribution in [1.82, 2.24) is 0 Å². The van der Waals surface area contributed by atoms with Crippen molar-refractivity contribution in [2.45, 2.75) is 44.2 Å². The van der Waals surface area contributed by atoms with Crippen LogP contribution in [0.4, 0.5) is 0 Å². The Kier molecular flexibility index (Phi) is 3.62. The molecule has 0 spiro atoms. The molecule has 0 saturated heterocycles. The van der Waals surface area contributed by atoms with Gasteiger partial charge >= 0.3 is 0 Å². The zero-order valence-corrected chi connectivity index (χ0v) is 9.06. The first-order valence-corrected chi connectivity index (χ1v) is 5.83. The summed E-state index contributed by atoms with van der Waals surface area (Å²) in [6, 6.07) is 10.2. The number of hydrogen-bond acceptors (Lipinski definition) is 2. The number of nitrogens with two attached hydrogens (primary N) is 1. The lowest BCUT2D eigenvalue weighted by Gasteiger charge is -2.22. The Hall–Kier alpha value is -1.02. The van der Waals surface area contributed by atoms with Crippen molar-refractivity contribution in [1.29, 1.82) is 0 Å². The Bertz CT molecular complexity index is 286. The van der Waals surface area contributed by atoms with Gasteiger partial charge in [-0.05, 0) is 31.4 Å². The van der Waals surface area contributed by atoms with Crippen molar-refractivity contribution < 1.29 is 4.74 Å². The second kappa shape index (κ2) is 5.17. The molecule has 1 aliphatic rings. The molecule has 0 amide bonds. The van der Waals surface area contributed by atoms with Crippen LogP contribution in [0.1, 0.15) is 32.1 Å². The van der Waals surface area contributed by atoms with Gasteiger partial charge in [0.25, 0.3) is 0 Å². The van der Waals surface area contributed by atoms with E-state index in [4.69, 9.17) is 10.5 Å². The number of rotatable bonds is 2. The van der Waals surface area contributed by atoms with Gasteiger partial charge in [0.2, 0.25) is 0 Å². The van der Waals surface area contributed by atoms with Crippen molar-refractivity contribution >= 4 is 0 Å². The second-order valence-electron chi connectivity index (χ2n) is 4.27. The largest absolute Gasteiger partial charge is 0.489 e. The molecule has 0 heterocycles. The Morgan fingerprint density at radius 2 is 1.73 bits per heavy atom. The van der Waals surface area contributed by atoms with E-state index >= 15 is 0 Å². The van der Waals surface area contributed by atoms with E-state index in [9.17, 15) is 0 Å². The third kappa shape index (κ3) is 2.96. The van der Waals surface area contributed by atoms with Gasteiger partial charge in [-0.25, -0.2) is 0 Å². The van der Waals surface area contributed by atoms with Crippen LogP contribution in [0.3, 0.4) is 0 Å². The topological polar surface area (TPSA) is 35.2 Å².